The van der Waals surface area contributed by atoms with Crippen molar-refractivity contribution in [3.63, 3.8) is 0 Å². The van der Waals surface area contributed by atoms with Crippen molar-refractivity contribution in [2.45, 2.75) is 40.0 Å². The Bertz CT molecular complexity index is 53.5. The Morgan fingerprint density at radius 2 is 1.91 bits per heavy atom. The van der Waals surface area contributed by atoms with Crippen LogP contribution in [0, 0.1) is 5.92 Å². The third-order valence-corrected chi connectivity index (χ3v) is 1.75. The summed E-state index contributed by atoms with van der Waals surface area (Å²) in [6.45, 7) is 6.70. The molecule has 11 heavy (non-hydrogen) atoms. The molecule has 0 amide bonds. The van der Waals surface area contributed by atoms with E-state index in [1.165, 1.54) is 12.8 Å². The summed E-state index contributed by atoms with van der Waals surface area (Å²) in [7, 11) is 0. The first-order chi connectivity index (χ1) is 5.18. The SMILES string of the molecule is CC(C)CCO.CCCCBr. The maximum absolute atomic E-state index is 8.24. The smallest absolute Gasteiger partial charge is 0.0433 e. The minimum atomic E-state index is 0.331. The van der Waals surface area contributed by atoms with E-state index in [1.54, 1.807) is 0 Å². The van der Waals surface area contributed by atoms with E-state index in [4.69, 9.17) is 5.11 Å². The standard InChI is InChI=1S/C5H12O.C4H9Br/c1-5(2)3-4-6;1-2-3-4-5/h5-6H,3-4H2,1-2H3;2-4H2,1H3. The Labute approximate surface area is 79.3 Å². The first-order valence-electron chi connectivity index (χ1n) is 4.35. The van der Waals surface area contributed by atoms with Crippen molar-refractivity contribution in [3.05, 3.63) is 0 Å². The maximum atomic E-state index is 8.24. The van der Waals surface area contributed by atoms with Gasteiger partial charge in [0, 0.05) is 11.9 Å². The first-order valence-corrected chi connectivity index (χ1v) is 5.48. The number of hydrogen-bond donors (Lipinski definition) is 1. The third-order valence-electron chi connectivity index (χ3n) is 1.19. The molecule has 0 rings (SSSR count). The van der Waals surface area contributed by atoms with Crippen LogP contribution in [-0.4, -0.2) is 17.0 Å². The number of aliphatic hydroxyl groups excluding tert-OH is 1. The van der Waals surface area contributed by atoms with Crippen molar-refractivity contribution in [1.82, 2.24) is 0 Å². The Balaban J connectivity index is 0. The van der Waals surface area contributed by atoms with Crippen LogP contribution in [0.15, 0.2) is 0 Å². The van der Waals surface area contributed by atoms with Gasteiger partial charge in [0.25, 0.3) is 0 Å². The van der Waals surface area contributed by atoms with Crippen LogP contribution in [0.25, 0.3) is 0 Å². The zero-order chi connectivity index (χ0) is 9.11. The molecule has 1 N–H and O–H groups in total. The highest BCUT2D eigenvalue weighted by molar-refractivity contribution is 9.09. The molecule has 2 heteroatoms. The van der Waals surface area contributed by atoms with Crippen molar-refractivity contribution in [1.29, 1.82) is 0 Å². The molecule has 1 nitrogen and oxygen atoms in total. The van der Waals surface area contributed by atoms with E-state index in [-0.39, 0.29) is 0 Å². The molecule has 0 atom stereocenters. The number of hydrogen-bond acceptors (Lipinski definition) is 1. The maximum Gasteiger partial charge on any atom is 0.0433 e. The summed E-state index contributed by atoms with van der Waals surface area (Å²) in [6.07, 6.45) is 3.53. The molecule has 70 valence electrons. The van der Waals surface area contributed by atoms with Crippen LogP contribution in [0.2, 0.25) is 0 Å². The predicted octanol–water partition coefficient (Wildman–Crippen LogP) is 3.21. The van der Waals surface area contributed by atoms with Crippen molar-refractivity contribution in [2.24, 2.45) is 5.92 Å². The zero-order valence-corrected chi connectivity index (χ0v) is 9.52. The normalized spacial score (nSPS) is 9.27. The summed E-state index contributed by atoms with van der Waals surface area (Å²) < 4.78 is 0. The lowest BCUT2D eigenvalue weighted by molar-refractivity contribution is 0.268. The second-order valence-corrected chi connectivity index (χ2v) is 3.74. The Morgan fingerprint density at radius 1 is 1.36 bits per heavy atom. The number of rotatable bonds is 4. The first kappa shape index (κ1) is 14.0. The van der Waals surface area contributed by atoms with Crippen LogP contribution in [0.3, 0.4) is 0 Å². The van der Waals surface area contributed by atoms with E-state index in [9.17, 15) is 0 Å². The molecule has 0 heterocycles. The number of aliphatic hydroxyl groups is 1. The van der Waals surface area contributed by atoms with Gasteiger partial charge in [-0.1, -0.05) is 43.1 Å². The monoisotopic (exact) mass is 224 g/mol. The van der Waals surface area contributed by atoms with Gasteiger partial charge in [-0.25, -0.2) is 0 Å². The Kier molecular flexibility index (Phi) is 16.6. The predicted molar refractivity (Wildman–Crippen MR) is 55.2 cm³/mol. The van der Waals surface area contributed by atoms with E-state index in [2.05, 4.69) is 36.7 Å². The van der Waals surface area contributed by atoms with E-state index in [1.807, 2.05) is 0 Å². The fraction of sp³-hybridized carbons (Fsp3) is 1.00. The van der Waals surface area contributed by atoms with Crippen molar-refractivity contribution in [3.8, 4) is 0 Å². The van der Waals surface area contributed by atoms with E-state index in [0.717, 1.165) is 11.8 Å². The molecule has 0 spiro atoms. The van der Waals surface area contributed by atoms with Gasteiger partial charge in [-0.3, -0.25) is 0 Å². The molecule has 0 aromatic heterocycles. The molecule has 0 aromatic carbocycles. The van der Waals surface area contributed by atoms with Gasteiger partial charge < -0.3 is 5.11 Å². The van der Waals surface area contributed by atoms with Crippen LogP contribution in [0.1, 0.15) is 40.0 Å². The van der Waals surface area contributed by atoms with Gasteiger partial charge >= 0.3 is 0 Å². The minimum Gasteiger partial charge on any atom is -0.396 e. The van der Waals surface area contributed by atoms with Crippen LogP contribution >= 0.6 is 15.9 Å². The third kappa shape index (κ3) is 25.1. The topological polar surface area (TPSA) is 20.2 Å². The second-order valence-electron chi connectivity index (χ2n) is 2.95. The van der Waals surface area contributed by atoms with Crippen LogP contribution in [0.4, 0.5) is 0 Å². The fourth-order valence-electron chi connectivity index (χ4n) is 0.392. The fourth-order valence-corrected chi connectivity index (χ4v) is 0.953. The minimum absolute atomic E-state index is 0.331. The van der Waals surface area contributed by atoms with Crippen molar-refractivity contribution in [2.75, 3.05) is 11.9 Å². The molecular formula is C9H21BrO. The summed E-state index contributed by atoms with van der Waals surface area (Å²) in [6, 6.07) is 0. The summed E-state index contributed by atoms with van der Waals surface area (Å²) in [5.41, 5.74) is 0. The summed E-state index contributed by atoms with van der Waals surface area (Å²) in [5, 5.41) is 9.39. The molecule has 0 bridgehead atoms. The van der Waals surface area contributed by atoms with E-state index in [0.29, 0.717) is 12.5 Å². The highest BCUT2D eigenvalue weighted by Gasteiger charge is 1.86. The molecule has 0 aliphatic rings. The second kappa shape index (κ2) is 13.1. The lowest BCUT2D eigenvalue weighted by Gasteiger charge is -1.95. The van der Waals surface area contributed by atoms with Crippen molar-refractivity contribution < 1.29 is 5.11 Å². The van der Waals surface area contributed by atoms with Crippen LogP contribution in [-0.2, 0) is 0 Å². The molecule has 0 saturated heterocycles. The zero-order valence-electron chi connectivity index (χ0n) is 7.94. The Morgan fingerprint density at radius 3 is 1.91 bits per heavy atom. The van der Waals surface area contributed by atoms with Crippen molar-refractivity contribution >= 4 is 15.9 Å². The molecular weight excluding hydrogens is 204 g/mol. The molecule has 0 radical (unpaired) electrons. The van der Waals surface area contributed by atoms with Gasteiger partial charge in [0.05, 0.1) is 0 Å². The number of halogens is 1. The molecule has 0 aromatic rings. The summed E-state index contributed by atoms with van der Waals surface area (Å²) >= 11 is 3.31. The van der Waals surface area contributed by atoms with E-state index < -0.39 is 0 Å². The molecule has 0 fully saturated rings. The lowest BCUT2D eigenvalue weighted by Crippen LogP contribution is -1.89. The van der Waals surface area contributed by atoms with Gasteiger partial charge in [-0.2, -0.15) is 0 Å². The summed E-state index contributed by atoms with van der Waals surface area (Å²) in [4.78, 5) is 0. The quantitative estimate of drug-likeness (QED) is 0.728. The Hall–Kier alpha value is 0.440. The van der Waals surface area contributed by atoms with Gasteiger partial charge in [0.15, 0.2) is 0 Å². The lowest BCUT2D eigenvalue weighted by atomic mass is 10.2. The van der Waals surface area contributed by atoms with Crippen LogP contribution < -0.4 is 0 Å². The largest absolute Gasteiger partial charge is 0.396 e. The number of unbranched alkanes of at least 4 members (excludes halogenated alkanes) is 1. The summed E-state index contributed by atoms with van der Waals surface area (Å²) in [5.74, 6) is 0.648. The average Bonchev–Trinajstić information content (AvgIpc) is 1.90. The molecule has 0 saturated carbocycles. The van der Waals surface area contributed by atoms with Gasteiger partial charge in [-0.05, 0) is 18.8 Å². The molecule has 0 aliphatic carbocycles. The highest BCUT2D eigenvalue weighted by Crippen LogP contribution is 1.94. The van der Waals surface area contributed by atoms with Gasteiger partial charge in [0.2, 0.25) is 0 Å². The van der Waals surface area contributed by atoms with Gasteiger partial charge in [0.1, 0.15) is 0 Å². The van der Waals surface area contributed by atoms with E-state index >= 15 is 0 Å². The van der Waals surface area contributed by atoms with Gasteiger partial charge in [-0.15, -0.1) is 0 Å². The highest BCUT2D eigenvalue weighted by atomic mass is 79.9. The average molecular weight is 225 g/mol. The van der Waals surface area contributed by atoms with Crippen LogP contribution in [0.5, 0.6) is 0 Å². The molecule has 0 aliphatic heterocycles. The molecule has 0 unspecified atom stereocenters. The number of alkyl halides is 1.